The summed E-state index contributed by atoms with van der Waals surface area (Å²) in [5.41, 5.74) is 0.790. The van der Waals surface area contributed by atoms with E-state index in [1.165, 1.54) is 6.26 Å². The minimum atomic E-state index is -3.23. The van der Waals surface area contributed by atoms with Crippen LogP contribution in [0.1, 0.15) is 32.1 Å². The molecule has 0 spiro atoms. The van der Waals surface area contributed by atoms with Gasteiger partial charge in [0, 0.05) is 12.3 Å². The second-order valence-corrected chi connectivity index (χ2v) is 8.69. The highest BCUT2D eigenvalue weighted by atomic mass is 32.2. The van der Waals surface area contributed by atoms with Gasteiger partial charge in [-0.2, -0.15) is 0 Å². The zero-order valence-electron chi connectivity index (χ0n) is 15.1. The van der Waals surface area contributed by atoms with Crippen LogP contribution >= 0.6 is 0 Å². The third kappa shape index (κ3) is 5.19. The SMILES string of the molecule is CC(C)C(C)N(Cc1ccco1)C(=O)Cc1ccc(S(C)(=O)=O)cc1. The minimum absolute atomic E-state index is 0.00953. The number of sulfone groups is 1. The third-order valence-corrected chi connectivity index (χ3v) is 5.52. The Bertz CT molecular complexity index is 792. The quantitative estimate of drug-likeness (QED) is 0.757. The van der Waals surface area contributed by atoms with Crippen molar-refractivity contribution >= 4 is 15.7 Å². The van der Waals surface area contributed by atoms with Crippen molar-refractivity contribution in [3.63, 3.8) is 0 Å². The number of carbonyl (C=O) groups is 1. The van der Waals surface area contributed by atoms with Crippen molar-refractivity contribution in [1.29, 1.82) is 0 Å². The molecule has 0 radical (unpaired) electrons. The van der Waals surface area contributed by atoms with Gasteiger partial charge < -0.3 is 9.32 Å². The van der Waals surface area contributed by atoms with Gasteiger partial charge in [-0.1, -0.05) is 26.0 Å². The molecule has 0 bridgehead atoms. The lowest BCUT2D eigenvalue weighted by Crippen LogP contribution is -2.41. The fraction of sp³-hybridized carbons (Fsp3) is 0.421. The maximum Gasteiger partial charge on any atom is 0.227 e. The van der Waals surface area contributed by atoms with Gasteiger partial charge in [-0.15, -0.1) is 0 Å². The molecule has 0 aliphatic heterocycles. The summed E-state index contributed by atoms with van der Waals surface area (Å²) >= 11 is 0. The van der Waals surface area contributed by atoms with Gasteiger partial charge in [0.1, 0.15) is 5.76 Å². The number of furan rings is 1. The lowest BCUT2D eigenvalue weighted by Gasteiger charge is -2.31. The van der Waals surface area contributed by atoms with Gasteiger partial charge in [-0.25, -0.2) is 8.42 Å². The van der Waals surface area contributed by atoms with Crippen LogP contribution in [0.2, 0.25) is 0 Å². The molecule has 2 rings (SSSR count). The topological polar surface area (TPSA) is 67.6 Å². The van der Waals surface area contributed by atoms with E-state index in [1.54, 1.807) is 30.5 Å². The zero-order chi connectivity index (χ0) is 18.6. The Balaban J connectivity index is 2.15. The monoisotopic (exact) mass is 363 g/mol. The van der Waals surface area contributed by atoms with E-state index in [0.717, 1.165) is 11.3 Å². The molecule has 1 aromatic carbocycles. The predicted molar refractivity (Wildman–Crippen MR) is 96.8 cm³/mol. The standard InChI is InChI=1S/C19H25NO4S/c1-14(2)15(3)20(13-17-6-5-11-24-17)19(21)12-16-7-9-18(10-8-16)25(4,22)23/h5-11,14-15H,12-13H2,1-4H3. The summed E-state index contributed by atoms with van der Waals surface area (Å²) in [4.78, 5) is 14.9. The first-order valence-corrected chi connectivity index (χ1v) is 10.2. The molecule has 0 saturated carbocycles. The predicted octanol–water partition coefficient (Wildman–Crippen LogP) is 3.30. The molecule has 0 aliphatic rings. The number of amides is 1. The molecule has 1 aromatic heterocycles. The Morgan fingerprint density at radius 2 is 1.76 bits per heavy atom. The summed E-state index contributed by atoms with van der Waals surface area (Å²) in [6, 6.07) is 10.2. The molecule has 25 heavy (non-hydrogen) atoms. The summed E-state index contributed by atoms with van der Waals surface area (Å²) in [6.45, 7) is 6.60. The van der Waals surface area contributed by atoms with Gasteiger partial charge in [0.15, 0.2) is 9.84 Å². The molecule has 0 fully saturated rings. The molecule has 5 nitrogen and oxygen atoms in total. The van der Waals surface area contributed by atoms with E-state index in [-0.39, 0.29) is 23.3 Å². The smallest absolute Gasteiger partial charge is 0.227 e. The van der Waals surface area contributed by atoms with Crippen molar-refractivity contribution in [3.05, 3.63) is 54.0 Å². The third-order valence-electron chi connectivity index (χ3n) is 4.39. The van der Waals surface area contributed by atoms with E-state index in [2.05, 4.69) is 13.8 Å². The maximum absolute atomic E-state index is 12.8. The summed E-state index contributed by atoms with van der Waals surface area (Å²) < 4.78 is 28.4. The van der Waals surface area contributed by atoms with Crippen LogP contribution in [0.3, 0.4) is 0 Å². The molecule has 1 unspecified atom stereocenters. The molecule has 0 aliphatic carbocycles. The molecule has 0 N–H and O–H groups in total. The number of rotatable bonds is 7. The molecule has 1 amide bonds. The molecule has 6 heteroatoms. The second kappa shape index (κ2) is 7.87. The summed E-state index contributed by atoms with van der Waals surface area (Å²) in [6.07, 6.45) is 2.99. The highest BCUT2D eigenvalue weighted by Crippen LogP contribution is 2.18. The Morgan fingerprint density at radius 1 is 1.12 bits per heavy atom. The van der Waals surface area contributed by atoms with Gasteiger partial charge in [0.25, 0.3) is 0 Å². The number of nitrogens with zero attached hydrogens (tertiary/aromatic N) is 1. The van der Waals surface area contributed by atoms with Gasteiger partial charge in [-0.3, -0.25) is 4.79 Å². The van der Waals surface area contributed by atoms with Crippen molar-refractivity contribution in [2.75, 3.05) is 6.26 Å². The minimum Gasteiger partial charge on any atom is -0.467 e. The first-order chi connectivity index (χ1) is 11.7. The number of benzene rings is 1. The van der Waals surface area contributed by atoms with E-state index in [4.69, 9.17) is 4.42 Å². The molecule has 0 saturated heterocycles. The van der Waals surface area contributed by atoms with Gasteiger partial charge in [-0.05, 0) is 42.7 Å². The Kier molecular flexibility index (Phi) is 6.06. The largest absolute Gasteiger partial charge is 0.467 e. The van der Waals surface area contributed by atoms with Crippen LogP contribution in [0.25, 0.3) is 0 Å². The highest BCUT2D eigenvalue weighted by Gasteiger charge is 2.24. The average molecular weight is 363 g/mol. The van der Waals surface area contributed by atoms with Crippen molar-refractivity contribution in [2.45, 2.75) is 44.7 Å². The van der Waals surface area contributed by atoms with Crippen molar-refractivity contribution in [1.82, 2.24) is 4.90 Å². The Hall–Kier alpha value is -2.08. The van der Waals surface area contributed by atoms with Crippen LogP contribution in [0.5, 0.6) is 0 Å². The van der Waals surface area contributed by atoms with Crippen molar-refractivity contribution in [3.8, 4) is 0 Å². The summed E-state index contributed by atoms with van der Waals surface area (Å²) in [5.74, 6) is 1.05. The fourth-order valence-electron chi connectivity index (χ4n) is 2.52. The van der Waals surface area contributed by atoms with E-state index in [9.17, 15) is 13.2 Å². The summed E-state index contributed by atoms with van der Waals surface area (Å²) in [7, 11) is -3.23. The second-order valence-electron chi connectivity index (χ2n) is 6.68. The normalized spacial score (nSPS) is 13.0. The van der Waals surface area contributed by atoms with Crippen molar-refractivity contribution < 1.29 is 17.6 Å². The number of carbonyl (C=O) groups excluding carboxylic acids is 1. The first kappa shape index (κ1) is 19.2. The van der Waals surface area contributed by atoms with Gasteiger partial charge in [0.2, 0.25) is 5.91 Å². The van der Waals surface area contributed by atoms with Crippen LogP contribution in [0.4, 0.5) is 0 Å². The zero-order valence-corrected chi connectivity index (χ0v) is 15.9. The highest BCUT2D eigenvalue weighted by molar-refractivity contribution is 7.90. The van der Waals surface area contributed by atoms with Gasteiger partial charge >= 0.3 is 0 Å². The van der Waals surface area contributed by atoms with Crippen LogP contribution < -0.4 is 0 Å². The molecule has 2 aromatic rings. The molecular formula is C19H25NO4S. The molecule has 136 valence electrons. The lowest BCUT2D eigenvalue weighted by molar-refractivity contribution is -0.134. The maximum atomic E-state index is 12.8. The van der Waals surface area contributed by atoms with E-state index in [0.29, 0.717) is 12.5 Å². The average Bonchev–Trinajstić information content (AvgIpc) is 3.04. The Labute approximate surface area is 149 Å². The van der Waals surface area contributed by atoms with E-state index >= 15 is 0 Å². The van der Waals surface area contributed by atoms with Crippen LogP contribution in [-0.2, 0) is 27.6 Å². The van der Waals surface area contributed by atoms with E-state index in [1.807, 2.05) is 24.0 Å². The van der Waals surface area contributed by atoms with Gasteiger partial charge in [0.05, 0.1) is 24.1 Å². The van der Waals surface area contributed by atoms with Crippen LogP contribution in [0.15, 0.2) is 52.0 Å². The van der Waals surface area contributed by atoms with Crippen LogP contribution in [0, 0.1) is 5.92 Å². The van der Waals surface area contributed by atoms with Crippen LogP contribution in [-0.4, -0.2) is 31.5 Å². The molecular weight excluding hydrogens is 338 g/mol. The van der Waals surface area contributed by atoms with Crippen molar-refractivity contribution in [2.24, 2.45) is 5.92 Å². The Morgan fingerprint density at radius 3 is 2.24 bits per heavy atom. The fourth-order valence-corrected chi connectivity index (χ4v) is 3.15. The molecule has 1 heterocycles. The number of hydrogen-bond donors (Lipinski definition) is 0. The lowest BCUT2D eigenvalue weighted by atomic mass is 10.0. The summed E-state index contributed by atoms with van der Waals surface area (Å²) in [5, 5.41) is 0. The first-order valence-electron chi connectivity index (χ1n) is 8.29. The number of hydrogen-bond acceptors (Lipinski definition) is 4. The van der Waals surface area contributed by atoms with E-state index < -0.39 is 9.84 Å². The molecule has 1 atom stereocenters.